The molecule has 0 bridgehead atoms. The van der Waals surface area contributed by atoms with E-state index in [-0.39, 0.29) is 0 Å². The number of carboxylic acids is 1. The van der Waals surface area contributed by atoms with E-state index in [4.69, 9.17) is 10.2 Å². The second kappa shape index (κ2) is 5.71. The third-order valence-electron chi connectivity index (χ3n) is 2.69. The van der Waals surface area contributed by atoms with E-state index in [1.165, 1.54) is 11.3 Å². The lowest BCUT2D eigenvalue weighted by molar-refractivity contribution is -0.135. The molecule has 0 aliphatic rings. The van der Waals surface area contributed by atoms with E-state index in [2.05, 4.69) is 0 Å². The number of carbonyl (C=O) groups is 2. The molecule has 1 heterocycles. The quantitative estimate of drug-likeness (QED) is 0.513. The van der Waals surface area contributed by atoms with Crippen LogP contribution in [0.5, 0.6) is 0 Å². The molecule has 20 heavy (non-hydrogen) atoms. The van der Waals surface area contributed by atoms with Gasteiger partial charge in [-0.2, -0.15) is 0 Å². The first-order valence-electron chi connectivity index (χ1n) is 5.83. The highest BCUT2D eigenvalue weighted by Gasteiger charge is 2.15. The second-order valence-electron chi connectivity index (χ2n) is 4.19. The molecule has 0 unspecified atom stereocenters. The Balaban J connectivity index is 2.36. The Bertz CT molecular complexity index is 683. The van der Waals surface area contributed by atoms with Crippen molar-refractivity contribution < 1.29 is 19.8 Å². The Labute approximate surface area is 119 Å². The molecule has 0 atom stereocenters. The van der Waals surface area contributed by atoms with Crippen molar-refractivity contribution >= 4 is 23.1 Å². The van der Waals surface area contributed by atoms with Crippen LogP contribution in [0.15, 0.2) is 48.2 Å². The summed E-state index contributed by atoms with van der Waals surface area (Å²) in [5.74, 6) is -2.98. The van der Waals surface area contributed by atoms with Crippen molar-refractivity contribution in [1.29, 1.82) is 0 Å². The van der Waals surface area contributed by atoms with Crippen LogP contribution in [0, 0.1) is 6.92 Å². The number of thiophene rings is 1. The van der Waals surface area contributed by atoms with Gasteiger partial charge in [0.2, 0.25) is 5.76 Å². The Hall–Kier alpha value is -2.40. The highest BCUT2D eigenvalue weighted by atomic mass is 32.1. The highest BCUT2D eigenvalue weighted by Crippen LogP contribution is 2.31. The van der Waals surface area contributed by atoms with Crippen LogP contribution in [-0.2, 0) is 4.79 Å². The van der Waals surface area contributed by atoms with Gasteiger partial charge in [0, 0.05) is 11.0 Å². The molecule has 0 radical (unpaired) electrons. The SMILES string of the molecule is Cc1cc(-c2ccccc2)sc1C(=O)/C=C(\O)C(=O)O. The fraction of sp³-hybridized carbons (Fsp3) is 0.0667. The lowest BCUT2D eigenvalue weighted by Gasteiger charge is -1.95. The predicted molar refractivity (Wildman–Crippen MR) is 77.2 cm³/mol. The number of ketones is 1. The minimum absolute atomic E-state index is 0.427. The third kappa shape index (κ3) is 2.95. The van der Waals surface area contributed by atoms with Crippen molar-refractivity contribution in [3.05, 3.63) is 58.7 Å². The van der Waals surface area contributed by atoms with E-state index >= 15 is 0 Å². The zero-order chi connectivity index (χ0) is 14.7. The number of aryl methyl sites for hydroxylation is 1. The molecule has 0 spiro atoms. The molecule has 1 aromatic heterocycles. The maximum atomic E-state index is 11.9. The monoisotopic (exact) mass is 288 g/mol. The largest absolute Gasteiger partial charge is 0.502 e. The molecular weight excluding hydrogens is 276 g/mol. The number of allylic oxidation sites excluding steroid dienone is 1. The number of aliphatic hydroxyl groups excluding tert-OH is 1. The topological polar surface area (TPSA) is 74.6 Å². The first kappa shape index (κ1) is 14.0. The Morgan fingerprint density at radius 1 is 1.15 bits per heavy atom. The zero-order valence-corrected chi connectivity index (χ0v) is 11.5. The summed E-state index contributed by atoms with van der Waals surface area (Å²) in [6.45, 7) is 1.78. The van der Waals surface area contributed by atoms with Crippen LogP contribution >= 0.6 is 11.3 Å². The molecule has 0 aliphatic carbocycles. The number of carbonyl (C=O) groups excluding carboxylic acids is 1. The predicted octanol–water partition coefficient (Wildman–Crippen LogP) is 3.43. The minimum Gasteiger partial charge on any atom is -0.502 e. The average molecular weight is 288 g/mol. The normalized spacial score (nSPS) is 11.3. The molecule has 102 valence electrons. The summed E-state index contributed by atoms with van der Waals surface area (Å²) in [4.78, 5) is 23.8. The van der Waals surface area contributed by atoms with E-state index in [1.807, 2.05) is 36.4 Å². The van der Waals surface area contributed by atoms with Gasteiger partial charge in [0.25, 0.3) is 0 Å². The molecule has 0 saturated carbocycles. The molecular formula is C15H12O4S. The number of benzene rings is 1. The maximum absolute atomic E-state index is 11.9. The molecule has 2 aromatic rings. The number of aliphatic hydroxyl groups is 1. The van der Waals surface area contributed by atoms with Gasteiger partial charge < -0.3 is 10.2 Å². The van der Waals surface area contributed by atoms with Gasteiger partial charge in [0.05, 0.1) is 4.88 Å². The van der Waals surface area contributed by atoms with Crippen molar-refractivity contribution in [2.75, 3.05) is 0 Å². The second-order valence-corrected chi connectivity index (χ2v) is 5.24. The fourth-order valence-electron chi connectivity index (χ4n) is 1.72. The van der Waals surface area contributed by atoms with Crippen molar-refractivity contribution in [3.8, 4) is 10.4 Å². The van der Waals surface area contributed by atoms with Crippen molar-refractivity contribution in [1.82, 2.24) is 0 Å². The summed E-state index contributed by atoms with van der Waals surface area (Å²) < 4.78 is 0. The van der Waals surface area contributed by atoms with Crippen molar-refractivity contribution in [3.63, 3.8) is 0 Å². The van der Waals surface area contributed by atoms with Gasteiger partial charge in [-0.3, -0.25) is 4.79 Å². The maximum Gasteiger partial charge on any atom is 0.371 e. The molecule has 0 amide bonds. The van der Waals surface area contributed by atoms with Crippen LogP contribution in [0.25, 0.3) is 10.4 Å². The van der Waals surface area contributed by atoms with Gasteiger partial charge in [-0.1, -0.05) is 30.3 Å². The van der Waals surface area contributed by atoms with E-state index in [9.17, 15) is 9.59 Å². The smallest absolute Gasteiger partial charge is 0.371 e. The molecule has 0 fully saturated rings. The first-order valence-corrected chi connectivity index (χ1v) is 6.65. The molecule has 0 saturated heterocycles. The summed E-state index contributed by atoms with van der Waals surface area (Å²) in [5, 5.41) is 17.7. The van der Waals surface area contributed by atoms with Gasteiger partial charge in [0.1, 0.15) is 0 Å². The van der Waals surface area contributed by atoms with Crippen LogP contribution in [0.4, 0.5) is 0 Å². The summed E-state index contributed by atoms with van der Waals surface area (Å²) in [7, 11) is 0. The molecule has 4 nitrogen and oxygen atoms in total. The molecule has 2 N–H and O–H groups in total. The van der Waals surface area contributed by atoms with Gasteiger partial charge >= 0.3 is 5.97 Å². The summed E-state index contributed by atoms with van der Waals surface area (Å²) in [6, 6.07) is 11.5. The molecule has 2 rings (SSSR count). The summed E-state index contributed by atoms with van der Waals surface area (Å²) >= 11 is 1.28. The van der Waals surface area contributed by atoms with Crippen LogP contribution in [0.3, 0.4) is 0 Å². The van der Waals surface area contributed by atoms with E-state index < -0.39 is 17.5 Å². The summed E-state index contributed by atoms with van der Waals surface area (Å²) in [5.41, 5.74) is 1.75. The Morgan fingerprint density at radius 3 is 2.40 bits per heavy atom. The van der Waals surface area contributed by atoms with Gasteiger partial charge in [-0.15, -0.1) is 11.3 Å². The molecule has 1 aromatic carbocycles. The van der Waals surface area contributed by atoms with Crippen molar-refractivity contribution in [2.24, 2.45) is 0 Å². The zero-order valence-electron chi connectivity index (χ0n) is 10.7. The van der Waals surface area contributed by atoms with E-state index in [0.717, 1.165) is 22.1 Å². The van der Waals surface area contributed by atoms with Crippen LogP contribution in [-0.4, -0.2) is 22.0 Å². The van der Waals surface area contributed by atoms with Crippen molar-refractivity contribution in [2.45, 2.75) is 6.92 Å². The lowest BCUT2D eigenvalue weighted by atomic mass is 10.1. The number of hydrogen-bond donors (Lipinski definition) is 2. The summed E-state index contributed by atoms with van der Waals surface area (Å²) in [6.07, 6.45) is 0.732. The number of rotatable bonds is 4. The number of carboxylic acid groups (broad SMARTS) is 1. The van der Waals surface area contributed by atoms with Gasteiger partial charge in [0.15, 0.2) is 5.78 Å². The number of aliphatic carboxylic acids is 1. The fourth-order valence-corrected chi connectivity index (χ4v) is 2.81. The molecule has 0 aliphatic heterocycles. The number of hydrogen-bond acceptors (Lipinski definition) is 4. The molecule has 5 heteroatoms. The Kier molecular flexibility index (Phi) is 4.00. The lowest BCUT2D eigenvalue weighted by Crippen LogP contribution is -2.03. The van der Waals surface area contributed by atoms with E-state index in [0.29, 0.717) is 4.88 Å². The van der Waals surface area contributed by atoms with E-state index in [1.54, 1.807) is 6.92 Å². The van der Waals surface area contributed by atoms with Gasteiger partial charge in [-0.25, -0.2) is 4.79 Å². The highest BCUT2D eigenvalue weighted by molar-refractivity contribution is 7.17. The van der Waals surface area contributed by atoms with Crippen LogP contribution < -0.4 is 0 Å². The van der Waals surface area contributed by atoms with Gasteiger partial charge in [-0.05, 0) is 24.1 Å². The van der Waals surface area contributed by atoms with Crippen LogP contribution in [0.1, 0.15) is 15.2 Å². The Morgan fingerprint density at radius 2 is 1.80 bits per heavy atom. The average Bonchev–Trinajstić information content (AvgIpc) is 2.81. The standard InChI is InChI=1S/C15H12O4S/c1-9-7-13(10-5-3-2-4-6-10)20-14(9)11(16)8-12(17)15(18)19/h2-8,17H,1H3,(H,18,19)/b12-8-. The van der Waals surface area contributed by atoms with Crippen LogP contribution in [0.2, 0.25) is 0 Å². The first-order chi connectivity index (χ1) is 9.49. The minimum atomic E-state index is -1.52. The third-order valence-corrected chi connectivity index (χ3v) is 3.99.